The third kappa shape index (κ3) is 0.808. The monoisotopic (exact) mass is 150 g/mol. The Morgan fingerprint density at radius 3 is 3.00 bits per heavy atom. The lowest BCUT2D eigenvalue weighted by Crippen LogP contribution is -1.91. The number of nitrogens with two attached hydrogens (primary N) is 1. The number of nitrogens with one attached hydrogen (secondary N) is 1. The Balaban J connectivity index is 2.64. The quantitative estimate of drug-likeness (QED) is 0.293. The van der Waals surface area contributed by atoms with Crippen LogP contribution in [0.4, 0.5) is 11.4 Å². The Morgan fingerprint density at radius 2 is 2.27 bits per heavy atom. The Bertz CT molecular complexity index is 267. The zero-order valence-electron chi connectivity index (χ0n) is 6.09. The lowest BCUT2D eigenvalue weighted by molar-refractivity contribution is 0.477. The molecule has 0 fully saturated rings. The highest BCUT2D eigenvalue weighted by Gasteiger charge is 2.15. The second-order valence-electron chi connectivity index (χ2n) is 2.70. The van der Waals surface area contributed by atoms with Crippen LogP contribution in [0.5, 0.6) is 5.75 Å². The molecule has 1 aliphatic heterocycles. The fourth-order valence-corrected chi connectivity index (χ4v) is 1.43. The standard InChI is InChI=1S/C8H10N2O/c9-6-1-2-7(11)8-5(6)3-4-10-8/h1-2,10-11H,3-4,9H2. The molecule has 1 aromatic rings. The highest BCUT2D eigenvalue weighted by molar-refractivity contribution is 5.72. The number of phenolic OH excluding ortho intramolecular Hbond substituents is 1. The van der Waals surface area contributed by atoms with E-state index in [0.29, 0.717) is 5.75 Å². The number of phenols is 1. The summed E-state index contributed by atoms with van der Waals surface area (Å²) < 4.78 is 0. The van der Waals surface area contributed by atoms with Gasteiger partial charge in [0.1, 0.15) is 5.75 Å². The number of fused-ring (bicyclic) bond motifs is 1. The molecule has 3 heteroatoms. The van der Waals surface area contributed by atoms with Crippen molar-refractivity contribution in [2.24, 2.45) is 0 Å². The van der Waals surface area contributed by atoms with E-state index in [2.05, 4.69) is 5.32 Å². The Kier molecular flexibility index (Phi) is 1.18. The molecule has 4 N–H and O–H groups in total. The number of anilines is 2. The van der Waals surface area contributed by atoms with Gasteiger partial charge in [-0.05, 0) is 18.6 Å². The lowest BCUT2D eigenvalue weighted by atomic mass is 10.1. The molecule has 1 aliphatic rings. The molecule has 1 heterocycles. The first-order valence-electron chi connectivity index (χ1n) is 3.63. The smallest absolute Gasteiger partial charge is 0.139 e. The van der Waals surface area contributed by atoms with Crippen LogP contribution in [0.1, 0.15) is 5.56 Å². The minimum atomic E-state index is 0.298. The van der Waals surface area contributed by atoms with Crippen molar-refractivity contribution in [1.29, 1.82) is 0 Å². The topological polar surface area (TPSA) is 58.3 Å². The molecule has 0 saturated carbocycles. The van der Waals surface area contributed by atoms with Gasteiger partial charge in [0.25, 0.3) is 0 Å². The SMILES string of the molecule is Nc1ccc(O)c2c1CCN2. The summed E-state index contributed by atoms with van der Waals surface area (Å²) in [5.74, 6) is 0.298. The maximum absolute atomic E-state index is 9.34. The van der Waals surface area contributed by atoms with Crippen molar-refractivity contribution in [2.75, 3.05) is 17.6 Å². The van der Waals surface area contributed by atoms with Crippen molar-refractivity contribution < 1.29 is 5.11 Å². The molecular formula is C8H10N2O. The summed E-state index contributed by atoms with van der Waals surface area (Å²) in [6, 6.07) is 3.35. The first kappa shape index (κ1) is 6.34. The number of hydrogen-bond acceptors (Lipinski definition) is 3. The largest absolute Gasteiger partial charge is 0.506 e. The average Bonchev–Trinajstić information content (AvgIpc) is 2.45. The Labute approximate surface area is 64.8 Å². The molecule has 0 saturated heterocycles. The summed E-state index contributed by atoms with van der Waals surface area (Å²) in [6.45, 7) is 0.872. The van der Waals surface area contributed by atoms with Crippen LogP contribution in [-0.2, 0) is 6.42 Å². The van der Waals surface area contributed by atoms with Crippen LogP contribution in [-0.4, -0.2) is 11.7 Å². The maximum Gasteiger partial charge on any atom is 0.139 e. The number of rotatable bonds is 0. The molecule has 2 rings (SSSR count). The average molecular weight is 150 g/mol. The Morgan fingerprint density at radius 1 is 1.45 bits per heavy atom. The van der Waals surface area contributed by atoms with Crippen molar-refractivity contribution in [2.45, 2.75) is 6.42 Å². The summed E-state index contributed by atoms with van der Waals surface area (Å²) in [7, 11) is 0. The van der Waals surface area contributed by atoms with Crippen LogP contribution in [0.3, 0.4) is 0 Å². The van der Waals surface area contributed by atoms with Gasteiger partial charge in [-0.2, -0.15) is 0 Å². The van der Waals surface area contributed by atoms with Gasteiger partial charge in [-0.3, -0.25) is 0 Å². The summed E-state index contributed by atoms with van der Waals surface area (Å²) in [5.41, 5.74) is 8.31. The molecule has 11 heavy (non-hydrogen) atoms. The first-order chi connectivity index (χ1) is 5.29. The zero-order chi connectivity index (χ0) is 7.84. The van der Waals surface area contributed by atoms with Crippen LogP contribution in [0, 0.1) is 0 Å². The van der Waals surface area contributed by atoms with E-state index in [4.69, 9.17) is 5.73 Å². The summed E-state index contributed by atoms with van der Waals surface area (Å²) >= 11 is 0. The van der Waals surface area contributed by atoms with E-state index >= 15 is 0 Å². The molecule has 0 spiro atoms. The van der Waals surface area contributed by atoms with Crippen LogP contribution in [0.15, 0.2) is 12.1 Å². The molecule has 58 valence electrons. The van der Waals surface area contributed by atoms with Crippen LogP contribution in [0.2, 0.25) is 0 Å². The molecule has 0 unspecified atom stereocenters. The zero-order valence-corrected chi connectivity index (χ0v) is 6.09. The lowest BCUT2D eigenvalue weighted by Gasteiger charge is -2.04. The molecule has 1 aromatic carbocycles. The summed E-state index contributed by atoms with van der Waals surface area (Å²) in [5, 5.41) is 12.4. The fourth-order valence-electron chi connectivity index (χ4n) is 1.43. The van der Waals surface area contributed by atoms with Gasteiger partial charge in [-0.15, -0.1) is 0 Å². The third-order valence-electron chi connectivity index (χ3n) is 2.00. The van der Waals surface area contributed by atoms with Crippen molar-refractivity contribution in [3.8, 4) is 5.75 Å². The van der Waals surface area contributed by atoms with E-state index in [0.717, 1.165) is 29.9 Å². The molecule has 0 radical (unpaired) electrons. The predicted octanol–water partition coefficient (Wildman–Crippen LogP) is 0.942. The van der Waals surface area contributed by atoms with Gasteiger partial charge in [0.05, 0.1) is 5.69 Å². The van der Waals surface area contributed by atoms with Crippen molar-refractivity contribution in [3.05, 3.63) is 17.7 Å². The van der Waals surface area contributed by atoms with Crippen molar-refractivity contribution >= 4 is 11.4 Å². The highest BCUT2D eigenvalue weighted by Crippen LogP contribution is 2.35. The van der Waals surface area contributed by atoms with E-state index < -0.39 is 0 Å². The fraction of sp³-hybridized carbons (Fsp3) is 0.250. The Hall–Kier alpha value is -1.38. The molecule has 0 amide bonds. The van der Waals surface area contributed by atoms with Crippen LogP contribution >= 0.6 is 0 Å². The second kappa shape index (κ2) is 2.05. The van der Waals surface area contributed by atoms with Crippen molar-refractivity contribution in [3.63, 3.8) is 0 Å². The van der Waals surface area contributed by atoms with E-state index in [-0.39, 0.29) is 0 Å². The van der Waals surface area contributed by atoms with E-state index in [1.165, 1.54) is 0 Å². The van der Waals surface area contributed by atoms with E-state index in [9.17, 15) is 5.11 Å². The van der Waals surface area contributed by atoms with Gasteiger partial charge in [0, 0.05) is 17.8 Å². The predicted molar refractivity (Wildman–Crippen MR) is 44.7 cm³/mol. The van der Waals surface area contributed by atoms with Gasteiger partial charge in [0.15, 0.2) is 0 Å². The van der Waals surface area contributed by atoms with E-state index in [1.54, 1.807) is 12.1 Å². The highest BCUT2D eigenvalue weighted by atomic mass is 16.3. The normalized spacial score (nSPS) is 14.2. The minimum absolute atomic E-state index is 0.298. The third-order valence-corrected chi connectivity index (χ3v) is 2.00. The summed E-state index contributed by atoms with van der Waals surface area (Å²) in [4.78, 5) is 0. The van der Waals surface area contributed by atoms with Gasteiger partial charge in [0.2, 0.25) is 0 Å². The van der Waals surface area contributed by atoms with E-state index in [1.807, 2.05) is 0 Å². The van der Waals surface area contributed by atoms with Gasteiger partial charge in [-0.25, -0.2) is 0 Å². The first-order valence-corrected chi connectivity index (χ1v) is 3.63. The second-order valence-corrected chi connectivity index (χ2v) is 2.70. The molecule has 0 aromatic heterocycles. The van der Waals surface area contributed by atoms with Crippen LogP contribution in [0.25, 0.3) is 0 Å². The van der Waals surface area contributed by atoms with Gasteiger partial charge >= 0.3 is 0 Å². The maximum atomic E-state index is 9.34. The van der Waals surface area contributed by atoms with Crippen molar-refractivity contribution in [1.82, 2.24) is 0 Å². The number of hydrogen-bond donors (Lipinski definition) is 3. The number of nitrogen functional groups attached to an aromatic ring is 1. The van der Waals surface area contributed by atoms with Crippen LogP contribution < -0.4 is 11.1 Å². The number of aromatic hydroxyl groups is 1. The molecule has 0 aliphatic carbocycles. The minimum Gasteiger partial charge on any atom is -0.506 e. The molecule has 3 nitrogen and oxygen atoms in total. The summed E-state index contributed by atoms with van der Waals surface area (Å²) in [6.07, 6.45) is 0.912. The van der Waals surface area contributed by atoms with Gasteiger partial charge < -0.3 is 16.2 Å². The van der Waals surface area contributed by atoms with Gasteiger partial charge in [-0.1, -0.05) is 0 Å². The molecular weight excluding hydrogens is 140 g/mol. The molecule has 0 atom stereocenters. The number of benzene rings is 1. The molecule has 0 bridgehead atoms.